The van der Waals surface area contributed by atoms with E-state index in [1.54, 1.807) is 12.1 Å². The van der Waals surface area contributed by atoms with Crippen LogP contribution < -0.4 is 27.0 Å². The molecule has 1 aliphatic heterocycles. The average molecular weight is 447 g/mol. The number of benzene rings is 2. The zero-order valence-corrected chi connectivity index (χ0v) is 18.9. The van der Waals surface area contributed by atoms with Crippen LogP contribution in [-0.2, 0) is 0 Å². The van der Waals surface area contributed by atoms with Gasteiger partial charge in [0.1, 0.15) is 0 Å². The Balaban J connectivity index is 1.56. The molecule has 2 atom stereocenters. The first kappa shape index (κ1) is 22.5. The second-order valence-corrected chi connectivity index (χ2v) is 8.35. The van der Waals surface area contributed by atoms with E-state index in [1.165, 1.54) is 5.56 Å². The number of nitrogens with one attached hydrogen (secondary N) is 4. The lowest BCUT2D eigenvalue weighted by Gasteiger charge is -2.17. The van der Waals surface area contributed by atoms with E-state index in [0.717, 1.165) is 30.8 Å². The third-order valence-corrected chi connectivity index (χ3v) is 5.73. The number of nitrogens with two attached hydrogens (primary N) is 1. The molecule has 0 bridgehead atoms. The predicted molar refractivity (Wildman–Crippen MR) is 131 cm³/mol. The van der Waals surface area contributed by atoms with Crippen molar-refractivity contribution in [1.29, 1.82) is 0 Å². The molecule has 1 fully saturated rings. The summed E-state index contributed by atoms with van der Waals surface area (Å²) in [6.45, 7) is 6.60. The first-order chi connectivity index (χ1) is 16.0. The highest BCUT2D eigenvalue weighted by atomic mass is 16.1. The second-order valence-electron chi connectivity index (χ2n) is 8.35. The molecule has 0 radical (unpaired) electrons. The van der Waals surface area contributed by atoms with Gasteiger partial charge >= 0.3 is 0 Å². The van der Waals surface area contributed by atoms with Gasteiger partial charge in [0, 0.05) is 30.4 Å². The van der Waals surface area contributed by atoms with Gasteiger partial charge < -0.3 is 27.0 Å². The Kier molecular flexibility index (Phi) is 6.99. The minimum absolute atomic E-state index is 0.260. The summed E-state index contributed by atoms with van der Waals surface area (Å²) in [7, 11) is 0. The van der Waals surface area contributed by atoms with Crippen molar-refractivity contribution in [3.8, 4) is 0 Å². The molecular formula is C24H30N8O. The number of hydrogen-bond acceptors (Lipinski definition) is 8. The zero-order chi connectivity index (χ0) is 23.2. The molecule has 2 aromatic carbocycles. The summed E-state index contributed by atoms with van der Waals surface area (Å²) < 4.78 is 0. The number of aryl methyl sites for hydroxylation is 1. The minimum atomic E-state index is -0.484. The smallest absolute Gasteiger partial charge is 0.248 e. The summed E-state index contributed by atoms with van der Waals surface area (Å²) in [5.41, 5.74) is 8.77. The largest absolute Gasteiger partial charge is 0.366 e. The lowest BCUT2D eigenvalue weighted by Crippen LogP contribution is -2.24. The number of nitrogens with zero attached hydrogens (tertiary/aromatic N) is 3. The van der Waals surface area contributed by atoms with E-state index in [4.69, 9.17) is 5.73 Å². The highest BCUT2D eigenvalue weighted by molar-refractivity contribution is 5.94. The van der Waals surface area contributed by atoms with Crippen LogP contribution in [0.3, 0.4) is 0 Å². The van der Waals surface area contributed by atoms with Gasteiger partial charge in [-0.3, -0.25) is 4.79 Å². The molecule has 9 heteroatoms. The third kappa shape index (κ3) is 5.95. The summed E-state index contributed by atoms with van der Waals surface area (Å²) in [5.74, 6) is 1.16. The van der Waals surface area contributed by atoms with Gasteiger partial charge in [0.15, 0.2) is 0 Å². The highest BCUT2D eigenvalue weighted by Crippen LogP contribution is 2.22. The molecule has 0 aliphatic carbocycles. The summed E-state index contributed by atoms with van der Waals surface area (Å²) in [5, 5.41) is 13.3. The van der Waals surface area contributed by atoms with Crippen molar-refractivity contribution >= 4 is 29.4 Å². The van der Waals surface area contributed by atoms with Crippen molar-refractivity contribution in [3.63, 3.8) is 0 Å². The number of rotatable bonds is 9. The van der Waals surface area contributed by atoms with Crippen molar-refractivity contribution in [3.05, 3.63) is 65.2 Å². The first-order valence-corrected chi connectivity index (χ1v) is 11.2. The van der Waals surface area contributed by atoms with Crippen LogP contribution in [0.1, 0.15) is 40.7 Å². The summed E-state index contributed by atoms with van der Waals surface area (Å²) in [6, 6.07) is 15.8. The molecule has 9 nitrogen and oxygen atoms in total. The second kappa shape index (κ2) is 10.3. The molecule has 0 saturated carbocycles. The van der Waals surface area contributed by atoms with Crippen molar-refractivity contribution in [2.24, 2.45) is 5.73 Å². The van der Waals surface area contributed by atoms with Gasteiger partial charge in [0.05, 0.1) is 0 Å². The topological polar surface area (TPSA) is 130 Å². The fourth-order valence-corrected chi connectivity index (χ4v) is 3.71. The van der Waals surface area contributed by atoms with Crippen LogP contribution in [0.5, 0.6) is 0 Å². The van der Waals surface area contributed by atoms with Crippen LogP contribution >= 0.6 is 0 Å². The maximum Gasteiger partial charge on any atom is 0.248 e. The summed E-state index contributed by atoms with van der Waals surface area (Å²) in [6.07, 6.45) is 1.00. The normalized spacial score (nSPS) is 16.2. The minimum Gasteiger partial charge on any atom is -0.366 e. The Bertz CT molecular complexity index is 1100. The number of hydrogen-bond donors (Lipinski definition) is 5. The Hall–Kier alpha value is -3.72. The zero-order valence-electron chi connectivity index (χ0n) is 18.9. The lowest BCUT2D eigenvalue weighted by atomic mass is 10.0. The molecule has 1 unspecified atom stereocenters. The molecule has 1 amide bonds. The van der Waals surface area contributed by atoms with Crippen LogP contribution in [-0.4, -0.2) is 46.5 Å². The van der Waals surface area contributed by atoms with Gasteiger partial charge in [-0.25, -0.2) is 0 Å². The van der Waals surface area contributed by atoms with E-state index in [9.17, 15) is 4.79 Å². The van der Waals surface area contributed by atoms with E-state index in [0.29, 0.717) is 30.0 Å². The number of primary amides is 1. The molecule has 1 saturated heterocycles. The van der Waals surface area contributed by atoms with E-state index < -0.39 is 5.91 Å². The molecular weight excluding hydrogens is 416 g/mol. The van der Waals surface area contributed by atoms with Crippen LogP contribution in [0.15, 0.2) is 48.5 Å². The van der Waals surface area contributed by atoms with Crippen LogP contribution in [0.2, 0.25) is 0 Å². The molecule has 4 rings (SSSR count). The van der Waals surface area contributed by atoms with E-state index in [-0.39, 0.29) is 12.0 Å². The van der Waals surface area contributed by atoms with Crippen LogP contribution in [0, 0.1) is 6.92 Å². The lowest BCUT2D eigenvalue weighted by molar-refractivity contribution is 0.100. The third-order valence-electron chi connectivity index (χ3n) is 5.73. The van der Waals surface area contributed by atoms with Crippen molar-refractivity contribution < 1.29 is 4.79 Å². The fourth-order valence-electron chi connectivity index (χ4n) is 3.71. The Labute approximate surface area is 193 Å². The molecule has 1 aromatic heterocycles. The van der Waals surface area contributed by atoms with Gasteiger partial charge in [0.2, 0.25) is 23.8 Å². The summed E-state index contributed by atoms with van der Waals surface area (Å²) in [4.78, 5) is 25.3. The number of carbonyl (C=O) groups excluding carboxylic acids is 1. The first-order valence-electron chi connectivity index (χ1n) is 11.2. The van der Waals surface area contributed by atoms with Gasteiger partial charge in [-0.15, -0.1) is 0 Å². The molecule has 2 heterocycles. The number of aromatic nitrogens is 3. The van der Waals surface area contributed by atoms with Crippen LogP contribution in [0.4, 0.5) is 23.5 Å². The maximum absolute atomic E-state index is 11.6. The predicted octanol–water partition coefficient (Wildman–Crippen LogP) is 3.01. The maximum atomic E-state index is 11.6. The van der Waals surface area contributed by atoms with E-state index >= 15 is 0 Å². The average Bonchev–Trinajstić information content (AvgIpc) is 3.32. The Morgan fingerprint density at radius 2 is 1.88 bits per heavy atom. The van der Waals surface area contributed by atoms with E-state index in [1.807, 2.05) is 31.2 Å². The van der Waals surface area contributed by atoms with Crippen molar-refractivity contribution in [1.82, 2.24) is 20.3 Å². The molecule has 1 aliphatic rings. The SMILES string of the molecule is Cc1ccc(C(N)=O)cc1Nc1nc(NCC(C)c2ccccc2)nc(N[C@@H]2CCNC2)n1. The van der Waals surface area contributed by atoms with Gasteiger partial charge in [-0.2, -0.15) is 15.0 Å². The van der Waals surface area contributed by atoms with Gasteiger partial charge in [-0.05, 0) is 49.1 Å². The van der Waals surface area contributed by atoms with Gasteiger partial charge in [-0.1, -0.05) is 43.3 Å². The monoisotopic (exact) mass is 446 g/mol. The molecule has 172 valence electrons. The van der Waals surface area contributed by atoms with Gasteiger partial charge in [0.25, 0.3) is 0 Å². The molecule has 3 aromatic rings. The number of carbonyl (C=O) groups is 1. The number of anilines is 4. The number of amides is 1. The highest BCUT2D eigenvalue weighted by Gasteiger charge is 2.17. The van der Waals surface area contributed by atoms with Crippen LogP contribution in [0.25, 0.3) is 0 Å². The van der Waals surface area contributed by atoms with Crippen molar-refractivity contribution in [2.45, 2.75) is 32.2 Å². The summed E-state index contributed by atoms with van der Waals surface area (Å²) >= 11 is 0. The molecule has 33 heavy (non-hydrogen) atoms. The standard InChI is InChI=1S/C24H30N8O/c1-15-8-9-18(21(25)33)12-20(15)29-24-31-22(27-13-16(2)17-6-4-3-5-7-17)30-23(32-24)28-19-10-11-26-14-19/h3-9,12,16,19,26H,10-11,13-14H2,1-2H3,(H2,25,33)(H3,27,28,29,30,31,32)/t16?,19-/m1/s1. The Morgan fingerprint density at radius 3 is 2.61 bits per heavy atom. The fraction of sp³-hybridized carbons (Fsp3) is 0.333. The Morgan fingerprint density at radius 1 is 1.12 bits per heavy atom. The molecule has 0 spiro atoms. The molecule has 6 N–H and O–H groups in total. The van der Waals surface area contributed by atoms with E-state index in [2.05, 4.69) is 55.3 Å². The van der Waals surface area contributed by atoms with Crippen molar-refractivity contribution in [2.75, 3.05) is 35.6 Å². The quantitative estimate of drug-likeness (QED) is 0.339.